The van der Waals surface area contributed by atoms with Gasteiger partial charge < -0.3 is 13.9 Å². The molecule has 3 heterocycles. The Morgan fingerprint density at radius 3 is 2.52 bits per heavy atom. The minimum absolute atomic E-state index is 0.0397. The van der Waals surface area contributed by atoms with Crippen LogP contribution in [0.2, 0.25) is 0 Å². The van der Waals surface area contributed by atoms with Crippen molar-refractivity contribution >= 4 is 17.1 Å². The van der Waals surface area contributed by atoms with Crippen LogP contribution in [0.1, 0.15) is 28.2 Å². The van der Waals surface area contributed by atoms with Crippen LogP contribution in [0.25, 0.3) is 16.9 Å². The number of ether oxygens (including phenoxy) is 1. The SMILES string of the molecule is Cc1cc(C(=O)OCCCn2c(=O)c3c(ncn3C)n(C)c2=O)c(C)n1-c1ccc(F)cc1. The molecule has 0 aliphatic rings. The van der Waals surface area contributed by atoms with Crippen LogP contribution in [-0.4, -0.2) is 35.8 Å². The van der Waals surface area contributed by atoms with Crippen LogP contribution in [0, 0.1) is 19.7 Å². The second-order valence-electron chi connectivity index (χ2n) is 7.91. The smallest absolute Gasteiger partial charge is 0.339 e. The predicted molar refractivity (Wildman–Crippen MR) is 120 cm³/mol. The van der Waals surface area contributed by atoms with Crippen LogP contribution in [0.5, 0.6) is 0 Å². The Morgan fingerprint density at radius 1 is 1.12 bits per heavy atom. The molecule has 0 saturated carbocycles. The van der Waals surface area contributed by atoms with E-state index >= 15 is 0 Å². The van der Waals surface area contributed by atoms with E-state index in [-0.39, 0.29) is 19.0 Å². The quantitative estimate of drug-likeness (QED) is 0.330. The molecule has 0 spiro atoms. The number of carbonyl (C=O) groups is 1. The molecule has 9 nitrogen and oxygen atoms in total. The molecule has 0 atom stereocenters. The number of halogens is 1. The van der Waals surface area contributed by atoms with Gasteiger partial charge >= 0.3 is 11.7 Å². The zero-order valence-electron chi connectivity index (χ0n) is 18.8. The number of carbonyl (C=O) groups excluding carboxylic acids is 1. The van der Waals surface area contributed by atoms with Gasteiger partial charge in [0.15, 0.2) is 11.2 Å². The fourth-order valence-electron chi connectivity index (χ4n) is 4.02. The first-order valence-corrected chi connectivity index (χ1v) is 10.4. The number of imidazole rings is 1. The van der Waals surface area contributed by atoms with Crippen LogP contribution in [0.4, 0.5) is 4.39 Å². The van der Waals surface area contributed by atoms with Gasteiger partial charge in [0.25, 0.3) is 5.56 Å². The topological polar surface area (TPSA) is 93.1 Å². The number of aromatic nitrogens is 5. The third-order valence-corrected chi connectivity index (χ3v) is 5.70. The molecule has 0 aliphatic heterocycles. The van der Waals surface area contributed by atoms with Crippen molar-refractivity contribution in [2.45, 2.75) is 26.8 Å². The lowest BCUT2D eigenvalue weighted by atomic mass is 10.2. The highest BCUT2D eigenvalue weighted by Gasteiger charge is 2.19. The first kappa shape index (κ1) is 22.3. The molecule has 33 heavy (non-hydrogen) atoms. The molecule has 4 aromatic rings. The summed E-state index contributed by atoms with van der Waals surface area (Å²) >= 11 is 0. The Bertz CT molecular complexity index is 1470. The van der Waals surface area contributed by atoms with E-state index in [1.807, 2.05) is 11.5 Å². The highest BCUT2D eigenvalue weighted by Crippen LogP contribution is 2.22. The summed E-state index contributed by atoms with van der Waals surface area (Å²) in [6.07, 6.45) is 1.78. The summed E-state index contributed by atoms with van der Waals surface area (Å²) in [5.41, 5.74) is 2.39. The van der Waals surface area contributed by atoms with E-state index < -0.39 is 17.2 Å². The van der Waals surface area contributed by atoms with Crippen molar-refractivity contribution in [1.29, 1.82) is 0 Å². The van der Waals surface area contributed by atoms with Crippen molar-refractivity contribution in [1.82, 2.24) is 23.3 Å². The highest BCUT2D eigenvalue weighted by molar-refractivity contribution is 5.91. The Morgan fingerprint density at radius 2 is 1.82 bits per heavy atom. The van der Waals surface area contributed by atoms with E-state index in [0.29, 0.717) is 28.8 Å². The van der Waals surface area contributed by atoms with Crippen molar-refractivity contribution in [3.63, 3.8) is 0 Å². The van der Waals surface area contributed by atoms with Gasteiger partial charge in [-0.25, -0.2) is 19.0 Å². The molecule has 3 aromatic heterocycles. The summed E-state index contributed by atoms with van der Waals surface area (Å²) in [7, 11) is 3.25. The molecule has 0 unspecified atom stereocenters. The highest BCUT2D eigenvalue weighted by atomic mass is 19.1. The zero-order valence-corrected chi connectivity index (χ0v) is 18.8. The van der Waals surface area contributed by atoms with Gasteiger partial charge in [-0.15, -0.1) is 0 Å². The average molecular weight is 453 g/mol. The minimum Gasteiger partial charge on any atom is -0.462 e. The average Bonchev–Trinajstić information content (AvgIpc) is 3.31. The number of benzene rings is 1. The Balaban J connectivity index is 1.46. The Kier molecular flexibility index (Phi) is 5.75. The number of hydrogen-bond acceptors (Lipinski definition) is 5. The molecule has 4 rings (SSSR count). The number of aryl methyl sites for hydroxylation is 3. The fraction of sp³-hybridized carbons (Fsp3) is 0.304. The number of rotatable bonds is 6. The van der Waals surface area contributed by atoms with Crippen molar-refractivity contribution in [2.24, 2.45) is 14.1 Å². The molecule has 0 amide bonds. The molecular weight excluding hydrogens is 429 g/mol. The Labute approximate surface area is 188 Å². The lowest BCUT2D eigenvalue weighted by molar-refractivity contribution is 0.0494. The molecule has 0 N–H and O–H groups in total. The van der Waals surface area contributed by atoms with Gasteiger partial charge in [0, 0.05) is 37.7 Å². The molecule has 10 heteroatoms. The van der Waals surface area contributed by atoms with Gasteiger partial charge in [0.1, 0.15) is 5.82 Å². The van der Waals surface area contributed by atoms with Gasteiger partial charge in [-0.1, -0.05) is 0 Å². The van der Waals surface area contributed by atoms with Gasteiger partial charge in [0.2, 0.25) is 0 Å². The Hall–Kier alpha value is -3.95. The monoisotopic (exact) mass is 453 g/mol. The maximum Gasteiger partial charge on any atom is 0.339 e. The molecule has 0 fully saturated rings. The van der Waals surface area contributed by atoms with E-state index in [1.54, 1.807) is 43.8 Å². The largest absolute Gasteiger partial charge is 0.462 e. The van der Waals surface area contributed by atoms with Crippen molar-refractivity contribution in [3.05, 3.63) is 80.3 Å². The number of fused-ring (bicyclic) bond motifs is 1. The van der Waals surface area contributed by atoms with Gasteiger partial charge in [0.05, 0.1) is 18.5 Å². The predicted octanol–water partition coefficient (Wildman–Crippen LogP) is 2.23. The molecule has 0 saturated heterocycles. The first-order chi connectivity index (χ1) is 15.7. The zero-order chi connectivity index (χ0) is 23.9. The molecule has 172 valence electrons. The molecule has 1 aromatic carbocycles. The van der Waals surface area contributed by atoms with Crippen molar-refractivity contribution in [2.75, 3.05) is 6.61 Å². The summed E-state index contributed by atoms with van der Waals surface area (Å²) < 4.78 is 24.5. The number of hydrogen-bond donors (Lipinski definition) is 0. The van der Waals surface area contributed by atoms with Gasteiger partial charge in [-0.05, 0) is 50.6 Å². The lowest BCUT2D eigenvalue weighted by Crippen LogP contribution is -2.39. The molecule has 0 radical (unpaired) electrons. The summed E-state index contributed by atoms with van der Waals surface area (Å²) in [5, 5.41) is 0. The number of nitrogens with zero attached hydrogens (tertiary/aromatic N) is 5. The molecule has 0 aliphatic carbocycles. The van der Waals surface area contributed by atoms with Gasteiger partial charge in [-0.3, -0.25) is 13.9 Å². The normalized spacial score (nSPS) is 11.3. The maximum atomic E-state index is 13.3. The van der Waals surface area contributed by atoms with Crippen LogP contribution in [0.3, 0.4) is 0 Å². The van der Waals surface area contributed by atoms with Crippen molar-refractivity contribution < 1.29 is 13.9 Å². The van der Waals surface area contributed by atoms with Crippen molar-refractivity contribution in [3.8, 4) is 5.69 Å². The third kappa shape index (κ3) is 3.88. The summed E-state index contributed by atoms with van der Waals surface area (Å²) in [4.78, 5) is 42.0. The maximum absolute atomic E-state index is 13.3. The summed E-state index contributed by atoms with van der Waals surface area (Å²) in [6, 6.07) is 7.73. The van der Waals surface area contributed by atoms with Crippen LogP contribution >= 0.6 is 0 Å². The van der Waals surface area contributed by atoms with E-state index in [2.05, 4.69) is 4.98 Å². The van der Waals surface area contributed by atoms with E-state index in [4.69, 9.17) is 4.74 Å². The van der Waals surface area contributed by atoms with Crippen LogP contribution in [0.15, 0.2) is 46.2 Å². The summed E-state index contributed by atoms with van der Waals surface area (Å²) in [6.45, 7) is 3.79. The molecule has 0 bridgehead atoms. The lowest BCUT2D eigenvalue weighted by Gasteiger charge is -2.10. The third-order valence-electron chi connectivity index (χ3n) is 5.70. The van der Waals surface area contributed by atoms with E-state index in [9.17, 15) is 18.8 Å². The van der Waals surface area contributed by atoms with Gasteiger partial charge in [-0.2, -0.15) is 0 Å². The molecular formula is C23H24FN5O4. The number of esters is 1. The first-order valence-electron chi connectivity index (χ1n) is 10.4. The second kappa shape index (κ2) is 8.53. The van der Waals surface area contributed by atoms with Crippen LogP contribution in [-0.2, 0) is 25.4 Å². The second-order valence-corrected chi connectivity index (χ2v) is 7.91. The van der Waals surface area contributed by atoms with Crippen LogP contribution < -0.4 is 11.2 Å². The standard InChI is InChI=1S/C23H24FN5O4/c1-14-12-18(15(2)29(14)17-8-6-16(24)7-9-17)22(31)33-11-5-10-28-21(30)19-20(25-13-26(19)3)27(4)23(28)32/h6-9,12-13H,5,10-11H2,1-4H3. The fourth-order valence-corrected chi connectivity index (χ4v) is 4.02. The van der Waals surface area contributed by atoms with E-state index in [1.165, 1.54) is 23.0 Å². The minimum atomic E-state index is -0.501. The van der Waals surface area contributed by atoms with E-state index in [0.717, 1.165) is 15.9 Å². The summed E-state index contributed by atoms with van der Waals surface area (Å²) in [5.74, 6) is -0.837.